The molecule has 2 aromatic rings. The molecule has 0 spiro atoms. The fraction of sp³-hybridized carbons (Fsp3) is 0.435. The van der Waals surface area contributed by atoms with E-state index < -0.39 is 9.84 Å². The molecular weight excluding hydrogens is 386 g/mol. The molecule has 3 rings (SSSR count). The molecule has 1 aliphatic rings. The third-order valence-electron chi connectivity index (χ3n) is 5.44. The zero-order valence-corrected chi connectivity index (χ0v) is 18.4. The average molecular weight is 416 g/mol. The Hall–Kier alpha value is -2.34. The summed E-state index contributed by atoms with van der Waals surface area (Å²) < 4.78 is 30.4. The van der Waals surface area contributed by atoms with Gasteiger partial charge in [-0.1, -0.05) is 26.0 Å². The first-order valence-electron chi connectivity index (χ1n) is 10.2. The summed E-state index contributed by atoms with van der Waals surface area (Å²) in [7, 11) is -3.23. The van der Waals surface area contributed by atoms with Gasteiger partial charge in [-0.2, -0.15) is 0 Å². The standard InChI is InChI=1S/C23H29NO4S/c1-5-15-28-23-20(18-8-10-19(11-9-18)29(26,27)6-2)13-14-22-21(23)12-7-16(3)24(22)17(4)25/h8-11,13-14,16H,5-7,12,15H2,1-4H3/t16-/m0/s1. The van der Waals surface area contributed by atoms with Gasteiger partial charge in [-0.05, 0) is 56.0 Å². The molecule has 0 aliphatic carbocycles. The Kier molecular flexibility index (Phi) is 6.32. The maximum atomic E-state index is 12.2. The number of hydrogen-bond acceptors (Lipinski definition) is 4. The second kappa shape index (κ2) is 8.57. The normalized spacial score (nSPS) is 16.4. The van der Waals surface area contributed by atoms with Crippen LogP contribution in [-0.4, -0.2) is 32.7 Å². The summed E-state index contributed by atoms with van der Waals surface area (Å²) in [5.74, 6) is 0.908. The Morgan fingerprint density at radius 1 is 1.14 bits per heavy atom. The lowest BCUT2D eigenvalue weighted by Crippen LogP contribution is -2.40. The van der Waals surface area contributed by atoms with Crippen LogP contribution < -0.4 is 9.64 Å². The van der Waals surface area contributed by atoms with Gasteiger partial charge >= 0.3 is 0 Å². The lowest BCUT2D eigenvalue weighted by atomic mass is 9.91. The van der Waals surface area contributed by atoms with Gasteiger partial charge in [-0.3, -0.25) is 4.79 Å². The Balaban J connectivity index is 2.11. The molecule has 1 atom stereocenters. The predicted octanol–water partition coefficient (Wildman–Crippen LogP) is 4.62. The van der Waals surface area contributed by atoms with E-state index in [9.17, 15) is 13.2 Å². The van der Waals surface area contributed by atoms with E-state index in [0.29, 0.717) is 11.5 Å². The molecule has 6 heteroatoms. The van der Waals surface area contributed by atoms with Crippen molar-refractivity contribution in [3.8, 4) is 16.9 Å². The lowest BCUT2D eigenvalue weighted by molar-refractivity contribution is -0.117. The second-order valence-electron chi connectivity index (χ2n) is 7.49. The fourth-order valence-electron chi connectivity index (χ4n) is 3.89. The molecule has 0 radical (unpaired) electrons. The van der Waals surface area contributed by atoms with E-state index in [0.717, 1.165) is 47.4 Å². The van der Waals surface area contributed by atoms with Crippen LogP contribution >= 0.6 is 0 Å². The topological polar surface area (TPSA) is 63.7 Å². The summed E-state index contributed by atoms with van der Waals surface area (Å²) >= 11 is 0. The van der Waals surface area contributed by atoms with Crippen molar-refractivity contribution >= 4 is 21.4 Å². The summed E-state index contributed by atoms with van der Waals surface area (Å²) in [6, 6.07) is 11.1. The first-order valence-corrected chi connectivity index (χ1v) is 11.9. The zero-order valence-electron chi connectivity index (χ0n) is 17.6. The van der Waals surface area contributed by atoms with Crippen molar-refractivity contribution in [1.29, 1.82) is 0 Å². The molecule has 1 amide bonds. The number of nitrogens with zero attached hydrogens (tertiary/aromatic N) is 1. The number of hydrogen-bond donors (Lipinski definition) is 0. The summed E-state index contributed by atoms with van der Waals surface area (Å²) in [4.78, 5) is 14.4. The van der Waals surface area contributed by atoms with Gasteiger partial charge in [0.15, 0.2) is 9.84 Å². The highest BCUT2D eigenvalue weighted by Crippen LogP contribution is 2.43. The third kappa shape index (κ3) is 4.17. The van der Waals surface area contributed by atoms with Gasteiger partial charge in [0.25, 0.3) is 0 Å². The highest BCUT2D eigenvalue weighted by molar-refractivity contribution is 7.91. The number of amides is 1. The average Bonchev–Trinajstić information content (AvgIpc) is 2.71. The van der Waals surface area contributed by atoms with Crippen LogP contribution in [0.25, 0.3) is 11.1 Å². The fourth-order valence-corrected chi connectivity index (χ4v) is 4.77. The lowest BCUT2D eigenvalue weighted by Gasteiger charge is -2.36. The number of rotatable bonds is 6. The van der Waals surface area contributed by atoms with Gasteiger partial charge in [0.1, 0.15) is 5.75 Å². The Morgan fingerprint density at radius 2 is 1.83 bits per heavy atom. The first kappa shape index (κ1) is 21.4. The van der Waals surface area contributed by atoms with Crippen molar-refractivity contribution in [1.82, 2.24) is 0 Å². The summed E-state index contributed by atoms with van der Waals surface area (Å²) in [5.41, 5.74) is 3.79. The quantitative estimate of drug-likeness (QED) is 0.690. The molecule has 0 fully saturated rings. The molecule has 0 saturated heterocycles. The second-order valence-corrected chi connectivity index (χ2v) is 9.77. The van der Waals surface area contributed by atoms with E-state index in [1.165, 1.54) is 0 Å². The van der Waals surface area contributed by atoms with Crippen LogP contribution in [-0.2, 0) is 21.1 Å². The predicted molar refractivity (Wildman–Crippen MR) is 116 cm³/mol. The van der Waals surface area contributed by atoms with Gasteiger partial charge in [0.2, 0.25) is 5.91 Å². The number of sulfone groups is 1. The molecular formula is C23H29NO4S. The minimum Gasteiger partial charge on any atom is -0.493 e. The van der Waals surface area contributed by atoms with Crippen molar-refractivity contribution < 1.29 is 17.9 Å². The molecule has 0 saturated carbocycles. The number of ether oxygens (including phenoxy) is 1. The minimum atomic E-state index is -3.23. The molecule has 5 nitrogen and oxygen atoms in total. The maximum absolute atomic E-state index is 12.2. The van der Waals surface area contributed by atoms with Crippen molar-refractivity contribution in [2.45, 2.75) is 57.9 Å². The van der Waals surface area contributed by atoms with Crippen LogP contribution in [0.4, 0.5) is 5.69 Å². The molecule has 0 bridgehead atoms. The molecule has 1 aliphatic heterocycles. The van der Waals surface area contributed by atoms with Crippen LogP contribution in [0.1, 0.15) is 46.1 Å². The van der Waals surface area contributed by atoms with Gasteiger partial charge in [-0.25, -0.2) is 8.42 Å². The summed E-state index contributed by atoms with van der Waals surface area (Å²) in [5, 5.41) is 0. The minimum absolute atomic E-state index is 0.0294. The van der Waals surface area contributed by atoms with E-state index in [2.05, 4.69) is 13.8 Å². The number of fused-ring (bicyclic) bond motifs is 1. The van der Waals surface area contributed by atoms with E-state index in [4.69, 9.17) is 4.74 Å². The highest BCUT2D eigenvalue weighted by atomic mass is 32.2. The van der Waals surface area contributed by atoms with Crippen LogP contribution in [0.15, 0.2) is 41.3 Å². The van der Waals surface area contributed by atoms with Crippen LogP contribution in [0, 0.1) is 0 Å². The zero-order chi connectivity index (χ0) is 21.2. The molecule has 0 unspecified atom stereocenters. The van der Waals surface area contributed by atoms with E-state index in [1.807, 2.05) is 29.2 Å². The number of carbonyl (C=O) groups is 1. The van der Waals surface area contributed by atoms with Crippen LogP contribution in [0.5, 0.6) is 5.75 Å². The van der Waals surface area contributed by atoms with E-state index in [1.54, 1.807) is 26.0 Å². The highest BCUT2D eigenvalue weighted by Gasteiger charge is 2.29. The monoisotopic (exact) mass is 415 g/mol. The number of carbonyl (C=O) groups excluding carboxylic acids is 1. The van der Waals surface area contributed by atoms with Gasteiger partial charge < -0.3 is 9.64 Å². The van der Waals surface area contributed by atoms with Crippen molar-refractivity contribution in [2.75, 3.05) is 17.3 Å². The molecule has 0 N–H and O–H groups in total. The van der Waals surface area contributed by atoms with Crippen molar-refractivity contribution in [2.24, 2.45) is 0 Å². The summed E-state index contributed by atoms with van der Waals surface area (Å²) in [6.45, 7) is 7.95. The smallest absolute Gasteiger partial charge is 0.224 e. The van der Waals surface area contributed by atoms with Gasteiger partial charge in [0.05, 0.1) is 22.9 Å². The van der Waals surface area contributed by atoms with E-state index in [-0.39, 0.29) is 17.7 Å². The Morgan fingerprint density at radius 3 is 2.41 bits per heavy atom. The Bertz CT molecular complexity index is 996. The first-order chi connectivity index (χ1) is 13.8. The number of benzene rings is 2. The van der Waals surface area contributed by atoms with E-state index >= 15 is 0 Å². The van der Waals surface area contributed by atoms with Gasteiger partial charge in [-0.15, -0.1) is 0 Å². The van der Waals surface area contributed by atoms with Crippen molar-refractivity contribution in [3.63, 3.8) is 0 Å². The molecule has 156 valence electrons. The molecule has 1 heterocycles. The molecule has 29 heavy (non-hydrogen) atoms. The SMILES string of the molecule is CCCOc1c(-c2ccc(S(=O)(=O)CC)cc2)ccc2c1CC[C@H](C)N2C(C)=O. The third-order valence-corrected chi connectivity index (χ3v) is 7.19. The van der Waals surface area contributed by atoms with Gasteiger partial charge in [0, 0.05) is 24.1 Å². The Labute approximate surface area is 173 Å². The number of anilines is 1. The maximum Gasteiger partial charge on any atom is 0.224 e. The largest absolute Gasteiger partial charge is 0.493 e. The summed E-state index contributed by atoms with van der Waals surface area (Å²) in [6.07, 6.45) is 2.60. The van der Waals surface area contributed by atoms with Crippen LogP contribution in [0.3, 0.4) is 0 Å². The molecule has 0 aromatic heterocycles. The molecule has 2 aromatic carbocycles. The van der Waals surface area contributed by atoms with Crippen molar-refractivity contribution in [3.05, 3.63) is 42.0 Å². The van der Waals surface area contributed by atoms with Crippen LogP contribution in [0.2, 0.25) is 0 Å².